The van der Waals surface area contributed by atoms with Crippen LogP contribution in [-0.2, 0) is 6.54 Å². The zero-order valence-corrected chi connectivity index (χ0v) is 12.1. The number of aryl methyl sites for hydroxylation is 1. The molecular weight excluding hydrogens is 302 g/mol. The monoisotopic (exact) mass is 315 g/mol. The minimum Gasteiger partial charge on any atom is -0.340 e. The van der Waals surface area contributed by atoms with Gasteiger partial charge in [-0.2, -0.15) is 0 Å². The van der Waals surface area contributed by atoms with Gasteiger partial charge in [0, 0.05) is 39.2 Å². The maximum Gasteiger partial charge on any atom is 0.150 e. The van der Waals surface area contributed by atoms with Gasteiger partial charge in [0.1, 0.15) is 6.29 Å². The van der Waals surface area contributed by atoms with Crippen LogP contribution >= 0.6 is 15.9 Å². The fraction of sp³-hybridized carbons (Fsp3) is 0.188. The summed E-state index contributed by atoms with van der Waals surface area (Å²) in [4.78, 5) is 11.0. The third-order valence-corrected chi connectivity index (χ3v) is 4.01. The number of alkyl halides is 1. The van der Waals surface area contributed by atoms with Crippen LogP contribution < -0.4 is 0 Å². The molecule has 96 valence electrons. The van der Waals surface area contributed by atoms with Gasteiger partial charge in [-0.3, -0.25) is 4.79 Å². The predicted molar refractivity (Wildman–Crippen MR) is 83.2 cm³/mol. The van der Waals surface area contributed by atoms with Gasteiger partial charge in [-0.05, 0) is 30.7 Å². The van der Waals surface area contributed by atoms with E-state index in [4.69, 9.17) is 0 Å². The highest BCUT2D eigenvalue weighted by molar-refractivity contribution is 9.09. The second-order valence-electron chi connectivity index (χ2n) is 4.61. The lowest BCUT2D eigenvalue weighted by Gasteiger charge is -2.05. The molecule has 3 heteroatoms. The van der Waals surface area contributed by atoms with Crippen LogP contribution in [0, 0.1) is 0 Å². The van der Waals surface area contributed by atoms with E-state index in [1.807, 2.05) is 24.3 Å². The SMILES string of the molecule is O=Cc1ccc2c(c1)c1ccccc1n2CCCBr. The Bertz CT molecular complexity index is 745. The number of carbonyl (C=O) groups excluding carboxylic acids is 1. The molecule has 0 saturated heterocycles. The molecule has 0 aliphatic carbocycles. The summed E-state index contributed by atoms with van der Waals surface area (Å²) in [5, 5.41) is 3.37. The van der Waals surface area contributed by atoms with Crippen LogP contribution in [0.2, 0.25) is 0 Å². The van der Waals surface area contributed by atoms with E-state index in [1.54, 1.807) is 0 Å². The lowest BCUT2D eigenvalue weighted by Crippen LogP contribution is -1.97. The number of hydrogen-bond donors (Lipinski definition) is 0. The first-order valence-electron chi connectivity index (χ1n) is 6.37. The van der Waals surface area contributed by atoms with Crippen LogP contribution in [0.1, 0.15) is 16.8 Å². The highest BCUT2D eigenvalue weighted by Crippen LogP contribution is 2.29. The van der Waals surface area contributed by atoms with Gasteiger partial charge in [-0.15, -0.1) is 0 Å². The van der Waals surface area contributed by atoms with Gasteiger partial charge in [-0.25, -0.2) is 0 Å². The van der Waals surface area contributed by atoms with Gasteiger partial charge < -0.3 is 4.57 Å². The Hall–Kier alpha value is -1.61. The van der Waals surface area contributed by atoms with Crippen LogP contribution in [0.5, 0.6) is 0 Å². The van der Waals surface area contributed by atoms with Crippen LogP contribution in [0.4, 0.5) is 0 Å². The maximum absolute atomic E-state index is 11.0. The Morgan fingerprint density at radius 2 is 1.84 bits per heavy atom. The van der Waals surface area contributed by atoms with Crippen LogP contribution in [0.25, 0.3) is 21.8 Å². The van der Waals surface area contributed by atoms with Crippen molar-refractivity contribution in [2.45, 2.75) is 13.0 Å². The molecule has 0 unspecified atom stereocenters. The van der Waals surface area contributed by atoms with E-state index in [-0.39, 0.29) is 0 Å². The molecule has 2 aromatic carbocycles. The van der Waals surface area contributed by atoms with E-state index in [0.29, 0.717) is 0 Å². The first-order chi connectivity index (χ1) is 9.35. The summed E-state index contributed by atoms with van der Waals surface area (Å²) in [5.74, 6) is 0. The Morgan fingerprint density at radius 3 is 2.63 bits per heavy atom. The normalized spacial score (nSPS) is 11.2. The molecule has 0 fully saturated rings. The molecule has 19 heavy (non-hydrogen) atoms. The number of para-hydroxylation sites is 1. The molecule has 2 nitrogen and oxygen atoms in total. The molecule has 0 radical (unpaired) electrons. The molecular formula is C16H14BrNO. The Morgan fingerprint density at radius 1 is 1.05 bits per heavy atom. The minimum atomic E-state index is 0.732. The Kier molecular flexibility index (Phi) is 3.38. The zero-order valence-electron chi connectivity index (χ0n) is 10.5. The van der Waals surface area contributed by atoms with Crippen LogP contribution in [0.15, 0.2) is 42.5 Å². The van der Waals surface area contributed by atoms with Gasteiger partial charge in [-0.1, -0.05) is 34.1 Å². The number of nitrogens with zero attached hydrogens (tertiary/aromatic N) is 1. The molecule has 1 heterocycles. The van der Waals surface area contributed by atoms with E-state index in [0.717, 1.165) is 35.5 Å². The van der Waals surface area contributed by atoms with Crippen molar-refractivity contribution >= 4 is 44.0 Å². The fourth-order valence-electron chi connectivity index (χ4n) is 2.60. The van der Waals surface area contributed by atoms with Crippen molar-refractivity contribution in [2.75, 3.05) is 5.33 Å². The van der Waals surface area contributed by atoms with Gasteiger partial charge in [0.2, 0.25) is 0 Å². The molecule has 0 atom stereocenters. The Balaban J connectivity index is 2.33. The number of halogens is 1. The summed E-state index contributed by atoms with van der Waals surface area (Å²) in [6.45, 7) is 0.982. The molecule has 1 aromatic heterocycles. The molecule has 0 spiro atoms. The van der Waals surface area contributed by atoms with Gasteiger partial charge in [0.05, 0.1) is 0 Å². The summed E-state index contributed by atoms with van der Waals surface area (Å²) in [7, 11) is 0. The lowest BCUT2D eigenvalue weighted by atomic mass is 10.1. The molecule has 0 aliphatic heterocycles. The number of fused-ring (bicyclic) bond motifs is 3. The van der Waals surface area contributed by atoms with Gasteiger partial charge in [0.25, 0.3) is 0 Å². The number of rotatable bonds is 4. The summed E-state index contributed by atoms with van der Waals surface area (Å²) in [6.07, 6.45) is 1.99. The summed E-state index contributed by atoms with van der Waals surface area (Å²) in [6, 6.07) is 14.3. The molecule has 3 aromatic rings. The molecule has 3 rings (SSSR count). The highest BCUT2D eigenvalue weighted by atomic mass is 79.9. The van der Waals surface area contributed by atoms with Crippen molar-refractivity contribution in [3.63, 3.8) is 0 Å². The van der Waals surface area contributed by atoms with E-state index in [2.05, 4.69) is 38.7 Å². The standard InChI is InChI=1S/C16H14BrNO/c17-8-3-9-18-15-5-2-1-4-13(15)14-10-12(11-19)6-7-16(14)18/h1-2,4-7,10-11H,3,8-9H2. The third-order valence-electron chi connectivity index (χ3n) is 3.45. The second kappa shape index (κ2) is 5.17. The van der Waals surface area contributed by atoms with Gasteiger partial charge in [0.15, 0.2) is 0 Å². The van der Waals surface area contributed by atoms with E-state index in [1.165, 1.54) is 16.4 Å². The number of aldehydes is 1. The first-order valence-corrected chi connectivity index (χ1v) is 7.49. The number of benzene rings is 2. The molecule has 0 N–H and O–H groups in total. The highest BCUT2D eigenvalue weighted by Gasteiger charge is 2.10. The van der Waals surface area contributed by atoms with Crippen LogP contribution in [-0.4, -0.2) is 16.2 Å². The van der Waals surface area contributed by atoms with Crippen molar-refractivity contribution in [3.8, 4) is 0 Å². The average Bonchev–Trinajstić information content (AvgIpc) is 2.78. The van der Waals surface area contributed by atoms with Crippen molar-refractivity contribution in [3.05, 3.63) is 48.0 Å². The molecule has 0 bridgehead atoms. The minimum absolute atomic E-state index is 0.732. The van der Waals surface area contributed by atoms with Crippen molar-refractivity contribution in [1.82, 2.24) is 4.57 Å². The fourth-order valence-corrected chi connectivity index (χ4v) is 2.85. The smallest absolute Gasteiger partial charge is 0.150 e. The Labute approximate surface area is 120 Å². The molecule has 0 amide bonds. The zero-order chi connectivity index (χ0) is 13.2. The summed E-state index contributed by atoms with van der Waals surface area (Å²) >= 11 is 3.49. The predicted octanol–water partition coefficient (Wildman–Crippen LogP) is 4.39. The van der Waals surface area contributed by atoms with Crippen molar-refractivity contribution < 1.29 is 4.79 Å². The first kappa shape index (κ1) is 12.4. The third kappa shape index (κ3) is 2.08. The summed E-state index contributed by atoms with van der Waals surface area (Å²) < 4.78 is 2.33. The lowest BCUT2D eigenvalue weighted by molar-refractivity contribution is 0.112. The number of carbonyl (C=O) groups is 1. The maximum atomic E-state index is 11.0. The average molecular weight is 316 g/mol. The van der Waals surface area contributed by atoms with Gasteiger partial charge >= 0.3 is 0 Å². The molecule has 0 aliphatic rings. The molecule has 0 saturated carbocycles. The topological polar surface area (TPSA) is 22.0 Å². The van der Waals surface area contributed by atoms with E-state index < -0.39 is 0 Å². The van der Waals surface area contributed by atoms with E-state index >= 15 is 0 Å². The summed E-state index contributed by atoms with van der Waals surface area (Å²) in [5.41, 5.74) is 3.17. The van der Waals surface area contributed by atoms with Crippen molar-refractivity contribution in [1.29, 1.82) is 0 Å². The van der Waals surface area contributed by atoms with E-state index in [9.17, 15) is 4.79 Å². The number of aromatic nitrogens is 1. The second-order valence-corrected chi connectivity index (χ2v) is 5.40. The number of hydrogen-bond acceptors (Lipinski definition) is 1. The van der Waals surface area contributed by atoms with Crippen molar-refractivity contribution in [2.24, 2.45) is 0 Å². The van der Waals surface area contributed by atoms with Crippen LogP contribution in [0.3, 0.4) is 0 Å². The largest absolute Gasteiger partial charge is 0.340 e. The quantitative estimate of drug-likeness (QED) is 0.517.